The van der Waals surface area contributed by atoms with Crippen LogP contribution in [0.5, 0.6) is 0 Å². The molecule has 1 amide bonds. The number of esters is 1. The van der Waals surface area contributed by atoms with Crippen LogP contribution in [0, 0.1) is 5.41 Å². The average molecular weight is 428 g/mol. The van der Waals surface area contributed by atoms with Gasteiger partial charge in [0.1, 0.15) is 16.1 Å². The Morgan fingerprint density at radius 3 is 2.50 bits per heavy atom. The summed E-state index contributed by atoms with van der Waals surface area (Å²) in [6.45, 7) is 7.84. The first-order valence-corrected chi connectivity index (χ1v) is 10.6. The Kier molecular flexibility index (Phi) is 6.56. The molecular formula is C22H25N3O4S. The molecule has 0 saturated heterocycles. The summed E-state index contributed by atoms with van der Waals surface area (Å²) in [6.07, 6.45) is 0.731. The molecule has 0 spiro atoms. The summed E-state index contributed by atoms with van der Waals surface area (Å²) in [5, 5.41) is 12.1. The van der Waals surface area contributed by atoms with Gasteiger partial charge in [0, 0.05) is 35.1 Å². The number of carbonyl (C=O) groups excluding carboxylic acids is 2. The van der Waals surface area contributed by atoms with E-state index >= 15 is 0 Å². The summed E-state index contributed by atoms with van der Waals surface area (Å²) < 4.78 is 10.5. The molecule has 0 saturated carbocycles. The molecular weight excluding hydrogens is 402 g/mol. The quantitative estimate of drug-likeness (QED) is 0.544. The van der Waals surface area contributed by atoms with Crippen LogP contribution in [0.3, 0.4) is 0 Å². The molecule has 0 aliphatic carbocycles. The number of carbonyl (C=O) groups is 2. The van der Waals surface area contributed by atoms with Gasteiger partial charge in [-0.15, -0.1) is 11.3 Å². The molecule has 2 N–H and O–H groups in total. The van der Waals surface area contributed by atoms with Crippen LogP contribution in [0.15, 0.2) is 34.7 Å². The topological polar surface area (TPSA) is 95.6 Å². The Bertz CT molecular complexity index is 1140. The number of hydrogen-bond donors (Lipinski definition) is 2. The second-order valence-corrected chi connectivity index (χ2v) is 7.78. The Balaban J connectivity index is 1.95. The lowest BCUT2D eigenvalue weighted by Crippen LogP contribution is -2.22. The van der Waals surface area contributed by atoms with Crippen molar-refractivity contribution >= 4 is 44.9 Å². The van der Waals surface area contributed by atoms with Crippen LogP contribution in [0.4, 0.5) is 10.7 Å². The van der Waals surface area contributed by atoms with Crippen molar-refractivity contribution in [1.29, 1.82) is 5.41 Å². The number of amides is 1. The number of benzene rings is 1. The van der Waals surface area contributed by atoms with Gasteiger partial charge in [0.05, 0.1) is 12.7 Å². The molecule has 2 heterocycles. The van der Waals surface area contributed by atoms with E-state index in [0.29, 0.717) is 16.1 Å². The second-order valence-electron chi connectivity index (χ2n) is 6.64. The van der Waals surface area contributed by atoms with Crippen LogP contribution >= 0.6 is 11.3 Å². The number of thiophene rings is 1. The van der Waals surface area contributed by atoms with Crippen molar-refractivity contribution in [2.75, 3.05) is 30.4 Å². The van der Waals surface area contributed by atoms with Crippen molar-refractivity contribution < 1.29 is 18.7 Å². The molecule has 30 heavy (non-hydrogen) atoms. The van der Waals surface area contributed by atoms with Gasteiger partial charge < -0.3 is 19.4 Å². The van der Waals surface area contributed by atoms with E-state index in [1.165, 1.54) is 18.4 Å². The highest BCUT2D eigenvalue weighted by molar-refractivity contribution is 7.16. The van der Waals surface area contributed by atoms with Crippen LogP contribution in [0.25, 0.3) is 11.0 Å². The summed E-state index contributed by atoms with van der Waals surface area (Å²) in [5.41, 5.74) is 1.71. The molecule has 0 atom stereocenters. The number of rotatable bonds is 7. The predicted molar refractivity (Wildman–Crippen MR) is 119 cm³/mol. The molecule has 0 radical (unpaired) electrons. The number of ether oxygens (including phenoxy) is 1. The molecule has 0 aliphatic rings. The van der Waals surface area contributed by atoms with Crippen molar-refractivity contribution in [3.05, 3.63) is 51.9 Å². The zero-order valence-corrected chi connectivity index (χ0v) is 18.3. The van der Waals surface area contributed by atoms with Crippen LogP contribution in [-0.2, 0) is 11.2 Å². The molecule has 2 aromatic heterocycles. The van der Waals surface area contributed by atoms with E-state index < -0.39 is 11.9 Å². The monoisotopic (exact) mass is 427 g/mol. The van der Waals surface area contributed by atoms with Crippen molar-refractivity contribution in [3.8, 4) is 0 Å². The van der Waals surface area contributed by atoms with E-state index in [1.807, 2.05) is 25.1 Å². The maximum absolute atomic E-state index is 12.9. The number of hydrogen-bond acceptors (Lipinski definition) is 7. The first kappa shape index (κ1) is 21.6. The van der Waals surface area contributed by atoms with Gasteiger partial charge in [-0.1, -0.05) is 6.92 Å². The molecule has 158 valence electrons. The average Bonchev–Trinajstić information content (AvgIpc) is 3.16. The fourth-order valence-corrected chi connectivity index (χ4v) is 4.19. The Labute approximate surface area is 178 Å². The lowest BCUT2D eigenvalue weighted by Gasteiger charge is -2.21. The normalized spacial score (nSPS) is 10.8. The maximum atomic E-state index is 12.9. The summed E-state index contributed by atoms with van der Waals surface area (Å²) in [6, 6.07) is 9.08. The molecule has 7 nitrogen and oxygen atoms in total. The van der Waals surface area contributed by atoms with Gasteiger partial charge in [-0.2, -0.15) is 0 Å². The van der Waals surface area contributed by atoms with E-state index in [2.05, 4.69) is 24.1 Å². The predicted octanol–water partition coefficient (Wildman–Crippen LogP) is 4.42. The minimum atomic E-state index is -0.514. The first-order valence-electron chi connectivity index (χ1n) is 9.81. The minimum absolute atomic E-state index is 0.0975. The summed E-state index contributed by atoms with van der Waals surface area (Å²) in [7, 11) is 1.30. The van der Waals surface area contributed by atoms with Crippen molar-refractivity contribution in [1.82, 2.24) is 0 Å². The third kappa shape index (κ3) is 4.23. The molecule has 0 bridgehead atoms. The van der Waals surface area contributed by atoms with E-state index in [4.69, 9.17) is 14.6 Å². The highest BCUT2D eigenvalue weighted by Gasteiger charge is 2.20. The summed E-state index contributed by atoms with van der Waals surface area (Å²) >= 11 is 1.32. The summed E-state index contributed by atoms with van der Waals surface area (Å²) in [5.74, 6) is -1.02. The Hall–Kier alpha value is -3.13. The van der Waals surface area contributed by atoms with Crippen molar-refractivity contribution in [3.63, 3.8) is 0 Å². The zero-order chi connectivity index (χ0) is 21.8. The Morgan fingerprint density at radius 1 is 1.13 bits per heavy atom. The van der Waals surface area contributed by atoms with Gasteiger partial charge >= 0.3 is 5.97 Å². The highest BCUT2D eigenvalue weighted by Crippen LogP contribution is 2.30. The van der Waals surface area contributed by atoms with Gasteiger partial charge in [0.15, 0.2) is 0 Å². The molecule has 0 unspecified atom stereocenters. The number of fused-ring (bicyclic) bond motifs is 1. The summed E-state index contributed by atoms with van der Waals surface area (Å²) in [4.78, 5) is 28.0. The molecule has 3 rings (SSSR count). The smallest absolute Gasteiger partial charge is 0.340 e. The molecule has 8 heteroatoms. The molecule has 1 aromatic carbocycles. The zero-order valence-electron chi connectivity index (χ0n) is 17.5. The van der Waals surface area contributed by atoms with Crippen LogP contribution in [0.2, 0.25) is 0 Å². The van der Waals surface area contributed by atoms with Crippen molar-refractivity contribution in [2.24, 2.45) is 0 Å². The fraction of sp³-hybridized carbons (Fsp3) is 0.318. The van der Waals surface area contributed by atoms with Gasteiger partial charge in [-0.3, -0.25) is 10.2 Å². The standard InChI is InChI=1S/C22H25N3O4S/c1-5-15-12-17(22(27)28-4)21(30-15)24-20(26)16-10-13-8-9-14(25(6-2)7-3)11-18(13)29-19(16)23/h8-12,23H,5-7H2,1-4H3,(H,24,26). The molecule has 0 aliphatic heterocycles. The van der Waals surface area contributed by atoms with Gasteiger partial charge in [0.2, 0.25) is 5.55 Å². The van der Waals surface area contributed by atoms with Crippen LogP contribution in [0.1, 0.15) is 46.4 Å². The van der Waals surface area contributed by atoms with E-state index in [0.717, 1.165) is 35.5 Å². The number of nitrogens with one attached hydrogen (secondary N) is 2. The first-order chi connectivity index (χ1) is 14.4. The lowest BCUT2D eigenvalue weighted by atomic mass is 10.1. The van der Waals surface area contributed by atoms with Gasteiger partial charge in [-0.05, 0) is 44.5 Å². The van der Waals surface area contributed by atoms with Gasteiger partial charge in [-0.25, -0.2) is 4.79 Å². The number of aryl methyl sites for hydroxylation is 1. The second kappa shape index (κ2) is 9.13. The van der Waals surface area contributed by atoms with Crippen molar-refractivity contribution in [2.45, 2.75) is 27.2 Å². The lowest BCUT2D eigenvalue weighted by molar-refractivity contribution is 0.0602. The van der Waals surface area contributed by atoms with E-state index in [-0.39, 0.29) is 11.1 Å². The third-order valence-corrected chi connectivity index (χ3v) is 6.09. The largest absolute Gasteiger partial charge is 0.465 e. The van der Waals surface area contributed by atoms with E-state index in [9.17, 15) is 9.59 Å². The minimum Gasteiger partial charge on any atom is -0.465 e. The highest BCUT2D eigenvalue weighted by atomic mass is 32.1. The van der Waals surface area contributed by atoms with Crippen LogP contribution in [-0.4, -0.2) is 32.1 Å². The fourth-order valence-electron chi connectivity index (χ4n) is 3.21. The Morgan fingerprint density at radius 2 is 1.87 bits per heavy atom. The SMILES string of the molecule is CCc1cc(C(=O)OC)c(NC(=O)c2cc3ccc(N(CC)CC)cc3oc2=N)s1. The molecule has 0 fully saturated rings. The third-order valence-electron chi connectivity index (χ3n) is 4.89. The van der Waals surface area contributed by atoms with E-state index in [1.54, 1.807) is 12.1 Å². The number of nitrogens with zero attached hydrogens (tertiary/aromatic N) is 1. The van der Waals surface area contributed by atoms with Crippen LogP contribution < -0.4 is 15.8 Å². The number of methoxy groups -OCH3 is 1. The number of anilines is 2. The molecule has 3 aromatic rings. The maximum Gasteiger partial charge on any atom is 0.340 e. The van der Waals surface area contributed by atoms with Gasteiger partial charge in [0.25, 0.3) is 5.91 Å².